The van der Waals surface area contributed by atoms with Crippen molar-refractivity contribution in [3.05, 3.63) is 35.9 Å². The molecule has 0 aliphatic heterocycles. The molecule has 1 N–H and O–H groups in total. The number of benzene rings is 1. The molecule has 0 fully saturated rings. The van der Waals surface area contributed by atoms with E-state index in [2.05, 4.69) is 41.5 Å². The van der Waals surface area contributed by atoms with Crippen LogP contribution in [0.5, 0.6) is 0 Å². The Morgan fingerprint density at radius 1 is 1.33 bits per heavy atom. The van der Waals surface area contributed by atoms with Crippen molar-refractivity contribution in [1.82, 2.24) is 10.2 Å². The summed E-state index contributed by atoms with van der Waals surface area (Å²) in [5.74, 6) is 0. The van der Waals surface area contributed by atoms with Gasteiger partial charge >= 0.3 is 0 Å². The van der Waals surface area contributed by atoms with E-state index in [1.54, 1.807) is 0 Å². The van der Waals surface area contributed by atoms with Crippen molar-refractivity contribution >= 4 is 0 Å². The van der Waals surface area contributed by atoms with Gasteiger partial charge in [0, 0.05) is 13.1 Å². The Hall–Kier alpha value is -1.53. The van der Waals surface area contributed by atoms with Gasteiger partial charge in [-0.05, 0) is 25.6 Å². The van der Waals surface area contributed by atoms with Crippen LogP contribution in [0.3, 0.4) is 0 Å². The summed E-state index contributed by atoms with van der Waals surface area (Å²) in [7, 11) is 2.10. The molecule has 0 aromatic heterocycles. The third-order valence-corrected chi connectivity index (χ3v) is 2.22. The second-order valence-electron chi connectivity index (χ2n) is 3.62. The van der Waals surface area contributed by atoms with Crippen LogP contribution >= 0.6 is 0 Å². The SMILES string of the molecule is CN(CCCNC#N)Cc1ccccc1. The Morgan fingerprint density at radius 2 is 2.07 bits per heavy atom. The summed E-state index contributed by atoms with van der Waals surface area (Å²) >= 11 is 0. The minimum atomic E-state index is 0.760. The maximum atomic E-state index is 8.29. The average molecular weight is 203 g/mol. The first kappa shape index (κ1) is 11.5. The first-order valence-corrected chi connectivity index (χ1v) is 5.17. The highest BCUT2D eigenvalue weighted by molar-refractivity contribution is 5.14. The molecular weight excluding hydrogens is 186 g/mol. The summed E-state index contributed by atoms with van der Waals surface area (Å²) in [4.78, 5) is 2.26. The van der Waals surface area contributed by atoms with Crippen LogP contribution in [0.1, 0.15) is 12.0 Å². The van der Waals surface area contributed by atoms with E-state index in [1.807, 2.05) is 12.3 Å². The molecule has 0 spiro atoms. The summed E-state index contributed by atoms with van der Waals surface area (Å²) in [5.41, 5.74) is 1.33. The average Bonchev–Trinajstić information content (AvgIpc) is 2.26. The molecule has 0 saturated heterocycles. The smallest absolute Gasteiger partial charge is 0.176 e. The Kier molecular flexibility index (Phi) is 5.28. The summed E-state index contributed by atoms with van der Waals surface area (Å²) in [6.07, 6.45) is 2.92. The molecule has 0 amide bonds. The minimum Gasteiger partial charge on any atom is -0.324 e. The van der Waals surface area contributed by atoms with Crippen molar-refractivity contribution in [1.29, 1.82) is 5.26 Å². The predicted molar refractivity (Wildman–Crippen MR) is 61.0 cm³/mol. The van der Waals surface area contributed by atoms with Gasteiger partial charge in [0.05, 0.1) is 0 Å². The van der Waals surface area contributed by atoms with Crippen molar-refractivity contribution in [3.63, 3.8) is 0 Å². The fourth-order valence-electron chi connectivity index (χ4n) is 1.47. The highest BCUT2D eigenvalue weighted by atomic mass is 15.1. The summed E-state index contributed by atoms with van der Waals surface area (Å²) in [6.45, 7) is 2.73. The maximum Gasteiger partial charge on any atom is 0.176 e. The minimum absolute atomic E-state index is 0.760. The first-order valence-electron chi connectivity index (χ1n) is 5.17. The quantitative estimate of drug-likeness (QED) is 0.433. The van der Waals surface area contributed by atoms with Crippen molar-refractivity contribution in [3.8, 4) is 6.19 Å². The van der Waals surface area contributed by atoms with E-state index in [4.69, 9.17) is 5.26 Å². The molecule has 3 nitrogen and oxygen atoms in total. The van der Waals surface area contributed by atoms with Crippen LogP contribution in [0, 0.1) is 11.5 Å². The first-order chi connectivity index (χ1) is 7.33. The molecule has 3 heteroatoms. The van der Waals surface area contributed by atoms with Crippen LogP contribution in [0.2, 0.25) is 0 Å². The molecule has 0 unspecified atom stereocenters. The van der Waals surface area contributed by atoms with Crippen molar-refractivity contribution in [2.24, 2.45) is 0 Å². The molecule has 0 atom stereocenters. The molecule has 0 heterocycles. The van der Waals surface area contributed by atoms with Crippen LogP contribution < -0.4 is 5.32 Å². The lowest BCUT2D eigenvalue weighted by molar-refractivity contribution is 0.322. The third-order valence-electron chi connectivity index (χ3n) is 2.22. The van der Waals surface area contributed by atoms with E-state index >= 15 is 0 Å². The van der Waals surface area contributed by atoms with Gasteiger partial charge in [-0.3, -0.25) is 0 Å². The Labute approximate surface area is 91.3 Å². The highest BCUT2D eigenvalue weighted by Crippen LogP contribution is 2.02. The van der Waals surface area contributed by atoms with Crippen molar-refractivity contribution in [2.75, 3.05) is 20.1 Å². The van der Waals surface area contributed by atoms with E-state index in [-0.39, 0.29) is 0 Å². The van der Waals surface area contributed by atoms with E-state index in [1.165, 1.54) is 5.56 Å². The Balaban J connectivity index is 2.19. The van der Waals surface area contributed by atoms with Gasteiger partial charge in [-0.2, -0.15) is 5.26 Å². The van der Waals surface area contributed by atoms with Crippen molar-refractivity contribution < 1.29 is 0 Å². The van der Waals surface area contributed by atoms with Gasteiger partial charge in [-0.1, -0.05) is 30.3 Å². The van der Waals surface area contributed by atoms with Crippen LogP contribution in [0.4, 0.5) is 0 Å². The number of nitrogens with zero attached hydrogens (tertiary/aromatic N) is 2. The lowest BCUT2D eigenvalue weighted by Crippen LogP contribution is -2.22. The zero-order valence-corrected chi connectivity index (χ0v) is 9.11. The molecule has 0 saturated carbocycles. The van der Waals surface area contributed by atoms with Gasteiger partial charge < -0.3 is 10.2 Å². The number of hydrogen-bond donors (Lipinski definition) is 1. The number of nitriles is 1. The number of rotatable bonds is 6. The van der Waals surface area contributed by atoms with Crippen LogP contribution in [-0.2, 0) is 6.54 Å². The summed E-state index contributed by atoms with van der Waals surface area (Å²) < 4.78 is 0. The molecule has 1 rings (SSSR count). The van der Waals surface area contributed by atoms with Crippen LogP contribution in [-0.4, -0.2) is 25.0 Å². The van der Waals surface area contributed by atoms with Gasteiger partial charge in [-0.25, -0.2) is 0 Å². The Bertz CT molecular complexity index is 302. The zero-order valence-electron chi connectivity index (χ0n) is 9.11. The van der Waals surface area contributed by atoms with Gasteiger partial charge in [-0.15, -0.1) is 0 Å². The molecule has 1 aromatic carbocycles. The largest absolute Gasteiger partial charge is 0.324 e. The molecule has 15 heavy (non-hydrogen) atoms. The number of hydrogen-bond acceptors (Lipinski definition) is 3. The molecule has 0 aliphatic rings. The lowest BCUT2D eigenvalue weighted by Gasteiger charge is -2.16. The maximum absolute atomic E-state index is 8.29. The van der Waals surface area contributed by atoms with Crippen LogP contribution in [0.15, 0.2) is 30.3 Å². The summed E-state index contributed by atoms with van der Waals surface area (Å²) in [5, 5.41) is 10.9. The fourth-order valence-corrected chi connectivity index (χ4v) is 1.47. The molecular formula is C12H17N3. The molecule has 1 aromatic rings. The van der Waals surface area contributed by atoms with Gasteiger partial charge in [0.25, 0.3) is 0 Å². The predicted octanol–water partition coefficient (Wildman–Crippen LogP) is 1.58. The topological polar surface area (TPSA) is 39.1 Å². The van der Waals surface area contributed by atoms with Crippen LogP contribution in [0.25, 0.3) is 0 Å². The second kappa shape index (κ2) is 6.86. The van der Waals surface area contributed by atoms with Gasteiger partial charge in [0.15, 0.2) is 6.19 Å². The molecule has 0 bridgehead atoms. The monoisotopic (exact) mass is 203 g/mol. The summed E-state index contributed by atoms with van der Waals surface area (Å²) in [6, 6.07) is 10.4. The molecule has 0 aliphatic carbocycles. The standard InChI is InChI=1S/C12H17N3/c1-15(9-5-8-14-11-13)10-12-6-3-2-4-7-12/h2-4,6-7,14H,5,8-10H2,1H3. The van der Waals surface area contributed by atoms with Gasteiger partial charge in [0.1, 0.15) is 0 Å². The normalized spacial score (nSPS) is 9.93. The lowest BCUT2D eigenvalue weighted by atomic mass is 10.2. The van der Waals surface area contributed by atoms with Crippen molar-refractivity contribution in [2.45, 2.75) is 13.0 Å². The fraction of sp³-hybridized carbons (Fsp3) is 0.417. The number of nitrogens with one attached hydrogen (secondary N) is 1. The van der Waals surface area contributed by atoms with E-state index in [0.29, 0.717) is 0 Å². The second-order valence-corrected chi connectivity index (χ2v) is 3.62. The molecule has 80 valence electrons. The zero-order chi connectivity index (χ0) is 10.9. The Morgan fingerprint density at radius 3 is 2.73 bits per heavy atom. The molecule has 0 radical (unpaired) electrons. The van der Waals surface area contributed by atoms with E-state index in [9.17, 15) is 0 Å². The van der Waals surface area contributed by atoms with E-state index < -0.39 is 0 Å². The van der Waals surface area contributed by atoms with Gasteiger partial charge in [0.2, 0.25) is 0 Å². The highest BCUT2D eigenvalue weighted by Gasteiger charge is 1.98. The van der Waals surface area contributed by atoms with E-state index in [0.717, 1.165) is 26.1 Å². The third kappa shape index (κ3) is 5.04.